The monoisotopic (exact) mass is 527 g/mol. The molecule has 7 nitrogen and oxygen atoms in total. The molecule has 0 saturated carbocycles. The first-order chi connectivity index (χ1) is 15.9. The zero-order valence-corrected chi connectivity index (χ0v) is 22.4. The Morgan fingerprint density at radius 2 is 1.76 bits per heavy atom. The van der Waals surface area contributed by atoms with Crippen molar-refractivity contribution in [1.82, 2.24) is 10.2 Å². The molecule has 2 aromatic carbocycles. The van der Waals surface area contributed by atoms with E-state index < -0.39 is 16.1 Å². The minimum absolute atomic E-state index is 0.0690. The van der Waals surface area contributed by atoms with Crippen LogP contribution in [0.25, 0.3) is 0 Å². The molecule has 0 bridgehead atoms. The zero-order chi connectivity index (χ0) is 25.6. The Labute approximate surface area is 212 Å². The lowest BCUT2D eigenvalue weighted by atomic mass is 10.1. The van der Waals surface area contributed by atoms with Crippen LogP contribution in [0.3, 0.4) is 0 Å². The van der Waals surface area contributed by atoms with Gasteiger partial charge in [-0.2, -0.15) is 0 Å². The fourth-order valence-electron chi connectivity index (χ4n) is 3.61. The van der Waals surface area contributed by atoms with Crippen LogP contribution in [0.15, 0.2) is 36.4 Å². The van der Waals surface area contributed by atoms with Gasteiger partial charge in [0.15, 0.2) is 0 Å². The number of halogens is 2. The van der Waals surface area contributed by atoms with Crippen molar-refractivity contribution in [3.63, 3.8) is 0 Å². The summed E-state index contributed by atoms with van der Waals surface area (Å²) in [4.78, 5) is 26.9. The molecule has 0 aromatic heterocycles. The molecular weight excluding hydrogens is 497 g/mol. The van der Waals surface area contributed by atoms with Crippen molar-refractivity contribution < 1.29 is 18.0 Å². The van der Waals surface area contributed by atoms with Crippen LogP contribution >= 0.6 is 23.2 Å². The molecular formula is C24H31Cl2N3O4S. The number of rotatable bonds is 10. The van der Waals surface area contributed by atoms with Gasteiger partial charge in [0, 0.05) is 26.6 Å². The molecule has 0 aliphatic rings. The van der Waals surface area contributed by atoms with Gasteiger partial charge in [-0.05, 0) is 62.1 Å². The number of amides is 2. The van der Waals surface area contributed by atoms with E-state index in [-0.39, 0.29) is 37.7 Å². The van der Waals surface area contributed by atoms with Gasteiger partial charge in [-0.15, -0.1) is 0 Å². The third-order valence-electron chi connectivity index (χ3n) is 5.75. The van der Waals surface area contributed by atoms with Crippen LogP contribution < -0.4 is 9.62 Å². The molecule has 2 amide bonds. The first-order valence-electron chi connectivity index (χ1n) is 10.9. The van der Waals surface area contributed by atoms with Crippen molar-refractivity contribution in [2.45, 2.75) is 46.2 Å². The number of nitrogens with one attached hydrogen (secondary N) is 1. The Balaban J connectivity index is 2.20. The lowest BCUT2D eigenvalue weighted by Crippen LogP contribution is -2.46. The number of nitrogens with zero attached hydrogens (tertiary/aromatic N) is 2. The molecule has 186 valence electrons. The number of anilines is 1. The van der Waals surface area contributed by atoms with Crippen molar-refractivity contribution >= 4 is 50.7 Å². The Morgan fingerprint density at radius 1 is 1.09 bits per heavy atom. The Hall–Kier alpha value is -2.29. The summed E-state index contributed by atoms with van der Waals surface area (Å²) in [6.45, 7) is 5.75. The molecule has 10 heteroatoms. The molecule has 0 heterocycles. The molecule has 1 N–H and O–H groups in total. The summed E-state index contributed by atoms with van der Waals surface area (Å²) in [6.07, 6.45) is 1.51. The summed E-state index contributed by atoms with van der Waals surface area (Å²) in [5.74, 6) is -0.571. The second-order valence-electron chi connectivity index (χ2n) is 8.22. The highest BCUT2D eigenvalue weighted by Crippen LogP contribution is 2.26. The number of carbonyl (C=O) groups excluding carboxylic acids is 2. The number of benzene rings is 2. The smallest absolute Gasteiger partial charge is 0.242 e. The summed E-state index contributed by atoms with van der Waals surface area (Å²) in [6, 6.07) is 9.81. The summed E-state index contributed by atoms with van der Waals surface area (Å²) >= 11 is 12.1. The van der Waals surface area contributed by atoms with Crippen LogP contribution in [0.5, 0.6) is 0 Å². The molecule has 0 radical (unpaired) electrons. The van der Waals surface area contributed by atoms with Crippen molar-refractivity contribution in [2.75, 3.05) is 24.2 Å². The van der Waals surface area contributed by atoms with E-state index in [0.717, 1.165) is 22.9 Å². The molecule has 0 aliphatic carbocycles. The molecule has 0 spiro atoms. The second kappa shape index (κ2) is 11.9. The standard InChI is InChI=1S/C24H31Cl2N3O4S/c1-16-8-6-9-22(17(16)2)29(34(5,32)33)13-7-10-23(30)28(18(3)24(31)27-4)15-19-11-12-20(25)21(26)14-19/h6,8-9,11-12,14,18H,7,10,13,15H2,1-5H3,(H,27,31)/t18-/m0/s1. The molecule has 1 atom stereocenters. The lowest BCUT2D eigenvalue weighted by molar-refractivity contribution is -0.140. The number of aryl methyl sites for hydroxylation is 1. The minimum atomic E-state index is -3.55. The van der Waals surface area contributed by atoms with E-state index in [1.807, 2.05) is 26.0 Å². The Kier molecular flexibility index (Phi) is 9.79. The quantitative estimate of drug-likeness (QED) is 0.498. The van der Waals surface area contributed by atoms with Gasteiger partial charge in [-0.3, -0.25) is 13.9 Å². The molecule has 0 saturated heterocycles. The number of sulfonamides is 1. The molecule has 0 aliphatic heterocycles. The number of likely N-dealkylation sites (N-methyl/N-ethyl adjacent to an activating group) is 1. The van der Waals surface area contributed by atoms with Crippen LogP contribution in [-0.2, 0) is 26.2 Å². The van der Waals surface area contributed by atoms with E-state index in [2.05, 4.69) is 5.32 Å². The van der Waals surface area contributed by atoms with Gasteiger partial charge in [0.1, 0.15) is 6.04 Å². The first kappa shape index (κ1) is 28.0. The van der Waals surface area contributed by atoms with Crippen molar-refractivity contribution in [1.29, 1.82) is 0 Å². The van der Waals surface area contributed by atoms with E-state index >= 15 is 0 Å². The predicted octanol–water partition coefficient (Wildman–Crippen LogP) is 4.32. The normalized spacial score (nSPS) is 12.2. The van der Waals surface area contributed by atoms with E-state index in [9.17, 15) is 18.0 Å². The number of hydrogen-bond acceptors (Lipinski definition) is 4. The van der Waals surface area contributed by atoms with Gasteiger partial charge in [-0.1, -0.05) is 41.4 Å². The SMILES string of the molecule is CNC(=O)[C@H](C)N(Cc1ccc(Cl)c(Cl)c1)C(=O)CCCN(c1cccc(C)c1C)S(C)(=O)=O. The highest BCUT2D eigenvalue weighted by Gasteiger charge is 2.26. The average molecular weight is 529 g/mol. The zero-order valence-electron chi connectivity index (χ0n) is 20.1. The van der Waals surface area contributed by atoms with Gasteiger partial charge in [-0.25, -0.2) is 8.42 Å². The van der Waals surface area contributed by atoms with Crippen LogP contribution in [0, 0.1) is 13.8 Å². The van der Waals surface area contributed by atoms with Crippen LogP contribution in [0.2, 0.25) is 10.0 Å². The van der Waals surface area contributed by atoms with E-state index in [1.165, 1.54) is 16.3 Å². The largest absolute Gasteiger partial charge is 0.357 e. The van der Waals surface area contributed by atoms with Crippen molar-refractivity contribution in [3.8, 4) is 0 Å². The summed E-state index contributed by atoms with van der Waals surface area (Å²) in [5.41, 5.74) is 3.18. The Bertz CT molecular complexity index is 1150. The van der Waals surface area contributed by atoms with Gasteiger partial charge < -0.3 is 10.2 Å². The summed E-state index contributed by atoms with van der Waals surface area (Å²) < 4.78 is 26.3. The second-order valence-corrected chi connectivity index (χ2v) is 10.9. The van der Waals surface area contributed by atoms with Gasteiger partial charge in [0.25, 0.3) is 0 Å². The van der Waals surface area contributed by atoms with Crippen molar-refractivity contribution in [3.05, 3.63) is 63.1 Å². The molecule has 2 aromatic rings. The highest BCUT2D eigenvalue weighted by atomic mass is 35.5. The van der Waals surface area contributed by atoms with Gasteiger partial charge in [0.05, 0.1) is 22.0 Å². The first-order valence-corrected chi connectivity index (χ1v) is 13.5. The van der Waals surface area contributed by atoms with Gasteiger partial charge >= 0.3 is 0 Å². The summed E-state index contributed by atoms with van der Waals surface area (Å²) in [7, 11) is -2.04. The average Bonchev–Trinajstić information content (AvgIpc) is 2.77. The third kappa shape index (κ3) is 7.10. The third-order valence-corrected chi connectivity index (χ3v) is 7.67. The molecule has 0 unspecified atom stereocenters. The number of carbonyl (C=O) groups is 2. The van der Waals surface area contributed by atoms with E-state index in [4.69, 9.17) is 23.2 Å². The Morgan fingerprint density at radius 3 is 2.35 bits per heavy atom. The number of hydrogen-bond donors (Lipinski definition) is 1. The highest BCUT2D eigenvalue weighted by molar-refractivity contribution is 7.92. The van der Waals surface area contributed by atoms with E-state index in [0.29, 0.717) is 15.7 Å². The van der Waals surface area contributed by atoms with Crippen LogP contribution in [-0.4, -0.2) is 51.0 Å². The van der Waals surface area contributed by atoms with Gasteiger partial charge in [0.2, 0.25) is 21.8 Å². The molecule has 0 fully saturated rings. The molecule has 34 heavy (non-hydrogen) atoms. The van der Waals surface area contributed by atoms with Crippen LogP contribution in [0.4, 0.5) is 5.69 Å². The summed E-state index contributed by atoms with van der Waals surface area (Å²) in [5, 5.41) is 3.32. The van der Waals surface area contributed by atoms with Crippen molar-refractivity contribution in [2.24, 2.45) is 0 Å². The fourth-order valence-corrected chi connectivity index (χ4v) is 4.95. The maximum atomic E-state index is 13.2. The maximum Gasteiger partial charge on any atom is 0.242 e. The molecule has 2 rings (SSSR count). The maximum absolute atomic E-state index is 13.2. The van der Waals surface area contributed by atoms with Crippen LogP contribution in [0.1, 0.15) is 36.5 Å². The lowest BCUT2D eigenvalue weighted by Gasteiger charge is -2.29. The topological polar surface area (TPSA) is 86.8 Å². The minimum Gasteiger partial charge on any atom is -0.357 e. The fraction of sp³-hybridized carbons (Fsp3) is 0.417. The predicted molar refractivity (Wildman–Crippen MR) is 138 cm³/mol. The van der Waals surface area contributed by atoms with E-state index in [1.54, 1.807) is 31.2 Å².